The Kier molecular flexibility index (Phi) is 5.09. The number of nitrogens with one attached hydrogen (secondary N) is 2. The van der Waals surface area contributed by atoms with E-state index in [0.717, 1.165) is 22.9 Å². The first-order valence-corrected chi connectivity index (χ1v) is 7.44. The highest BCUT2D eigenvalue weighted by Crippen LogP contribution is 2.18. The van der Waals surface area contributed by atoms with Crippen LogP contribution in [-0.2, 0) is 4.79 Å². The van der Waals surface area contributed by atoms with Gasteiger partial charge in [-0.3, -0.25) is 14.6 Å². The molecule has 0 aliphatic rings. The first-order valence-electron chi connectivity index (χ1n) is 7.44. The van der Waals surface area contributed by atoms with Gasteiger partial charge in [0.25, 0.3) is 5.91 Å². The largest absolute Gasteiger partial charge is 0.355 e. The zero-order valence-electron chi connectivity index (χ0n) is 13.2. The van der Waals surface area contributed by atoms with Gasteiger partial charge in [0.2, 0.25) is 5.91 Å². The summed E-state index contributed by atoms with van der Waals surface area (Å²) in [5.41, 5.74) is 3.13. The number of hydrogen-bond acceptors (Lipinski definition) is 3. The third-order valence-electron chi connectivity index (χ3n) is 3.39. The third kappa shape index (κ3) is 3.81. The summed E-state index contributed by atoms with van der Waals surface area (Å²) in [4.78, 5) is 28.2. The van der Waals surface area contributed by atoms with E-state index in [1.54, 1.807) is 6.92 Å². The summed E-state index contributed by atoms with van der Waals surface area (Å²) in [7, 11) is 0. The van der Waals surface area contributed by atoms with Crippen LogP contribution in [-0.4, -0.2) is 29.9 Å². The summed E-state index contributed by atoms with van der Waals surface area (Å²) in [6.45, 7) is 6.36. The van der Waals surface area contributed by atoms with Crippen LogP contribution in [0.15, 0.2) is 24.3 Å². The van der Waals surface area contributed by atoms with Crippen molar-refractivity contribution in [1.82, 2.24) is 15.6 Å². The normalized spacial score (nSPS) is 10.5. The highest BCUT2D eigenvalue weighted by molar-refractivity contribution is 6.00. The lowest BCUT2D eigenvalue weighted by molar-refractivity contribution is -0.120. The lowest BCUT2D eigenvalue weighted by Crippen LogP contribution is -2.37. The molecular weight excluding hydrogens is 278 g/mol. The van der Waals surface area contributed by atoms with Gasteiger partial charge in [0.1, 0.15) is 0 Å². The van der Waals surface area contributed by atoms with Crippen LogP contribution in [0.5, 0.6) is 0 Å². The molecule has 0 atom stereocenters. The molecule has 22 heavy (non-hydrogen) atoms. The quantitative estimate of drug-likeness (QED) is 0.888. The van der Waals surface area contributed by atoms with Gasteiger partial charge < -0.3 is 10.6 Å². The Balaban J connectivity index is 2.13. The predicted octanol–water partition coefficient (Wildman–Crippen LogP) is 2.11. The van der Waals surface area contributed by atoms with Gasteiger partial charge in [-0.2, -0.15) is 0 Å². The van der Waals surface area contributed by atoms with E-state index >= 15 is 0 Å². The van der Waals surface area contributed by atoms with Crippen molar-refractivity contribution in [2.24, 2.45) is 0 Å². The zero-order chi connectivity index (χ0) is 16.1. The molecule has 0 unspecified atom stereocenters. The zero-order valence-corrected chi connectivity index (χ0v) is 13.2. The summed E-state index contributed by atoms with van der Waals surface area (Å²) in [6.07, 6.45) is 0.868. The van der Waals surface area contributed by atoms with Gasteiger partial charge >= 0.3 is 0 Å². The first-order chi connectivity index (χ1) is 10.5. The van der Waals surface area contributed by atoms with Crippen LogP contribution in [0.3, 0.4) is 0 Å². The fourth-order valence-electron chi connectivity index (χ4n) is 2.20. The molecule has 116 valence electrons. The van der Waals surface area contributed by atoms with Crippen molar-refractivity contribution in [3.8, 4) is 0 Å². The summed E-state index contributed by atoms with van der Waals surface area (Å²) in [5.74, 6) is -0.461. The second kappa shape index (κ2) is 7.02. The number of fused-ring (bicyclic) bond motifs is 1. The Hall–Kier alpha value is -2.43. The molecule has 0 saturated carbocycles. The molecule has 0 saturated heterocycles. The van der Waals surface area contributed by atoms with Gasteiger partial charge in [-0.1, -0.05) is 18.6 Å². The number of aromatic nitrogens is 1. The maximum absolute atomic E-state index is 12.2. The van der Waals surface area contributed by atoms with Crippen LogP contribution in [0.1, 0.15) is 35.0 Å². The highest BCUT2D eigenvalue weighted by Gasteiger charge is 2.12. The van der Waals surface area contributed by atoms with Crippen molar-refractivity contribution in [1.29, 1.82) is 0 Å². The topological polar surface area (TPSA) is 71.1 Å². The number of carbonyl (C=O) groups is 2. The average Bonchev–Trinajstić information content (AvgIpc) is 2.50. The van der Waals surface area contributed by atoms with Crippen LogP contribution < -0.4 is 10.6 Å². The van der Waals surface area contributed by atoms with Gasteiger partial charge in [0.15, 0.2) is 0 Å². The molecule has 1 heterocycles. The van der Waals surface area contributed by atoms with Gasteiger partial charge in [0, 0.05) is 11.9 Å². The van der Waals surface area contributed by atoms with E-state index in [-0.39, 0.29) is 18.4 Å². The van der Waals surface area contributed by atoms with Crippen LogP contribution >= 0.6 is 0 Å². The maximum atomic E-state index is 12.2. The summed E-state index contributed by atoms with van der Waals surface area (Å²) in [6, 6.07) is 7.75. The summed E-state index contributed by atoms with van der Waals surface area (Å²) >= 11 is 0. The minimum atomic E-state index is -0.278. The van der Waals surface area contributed by atoms with E-state index in [2.05, 4.69) is 15.6 Å². The Morgan fingerprint density at radius 3 is 2.64 bits per heavy atom. The van der Waals surface area contributed by atoms with Gasteiger partial charge in [-0.05, 0) is 38.5 Å². The molecule has 0 bridgehead atoms. The fourth-order valence-corrected chi connectivity index (χ4v) is 2.20. The SMILES string of the molecule is CCCNC(=O)CNC(=O)c1cc2cc(C)ccc2nc1C. The van der Waals surface area contributed by atoms with Crippen molar-refractivity contribution in [3.63, 3.8) is 0 Å². The molecule has 2 N–H and O–H groups in total. The number of pyridine rings is 1. The minimum Gasteiger partial charge on any atom is -0.355 e. The molecule has 0 radical (unpaired) electrons. The molecule has 5 heteroatoms. The Morgan fingerprint density at radius 2 is 1.91 bits per heavy atom. The molecular formula is C17H21N3O2. The van der Waals surface area contributed by atoms with Gasteiger partial charge in [-0.25, -0.2) is 0 Å². The molecule has 2 rings (SSSR count). The van der Waals surface area contributed by atoms with Crippen LogP contribution in [0.4, 0.5) is 0 Å². The number of nitrogens with zero attached hydrogens (tertiary/aromatic N) is 1. The fraction of sp³-hybridized carbons (Fsp3) is 0.353. The Bertz CT molecular complexity index is 710. The second-order valence-corrected chi connectivity index (χ2v) is 5.35. The maximum Gasteiger partial charge on any atom is 0.253 e. The smallest absolute Gasteiger partial charge is 0.253 e. The molecule has 2 aromatic rings. The van der Waals surface area contributed by atoms with Crippen molar-refractivity contribution in [2.75, 3.05) is 13.1 Å². The van der Waals surface area contributed by atoms with Crippen molar-refractivity contribution in [2.45, 2.75) is 27.2 Å². The van der Waals surface area contributed by atoms with Crippen molar-refractivity contribution >= 4 is 22.7 Å². The molecule has 1 aromatic carbocycles. The van der Waals surface area contributed by atoms with Crippen LogP contribution in [0.25, 0.3) is 10.9 Å². The van der Waals surface area contributed by atoms with E-state index in [1.165, 1.54) is 0 Å². The molecule has 1 aromatic heterocycles. The number of carbonyl (C=O) groups excluding carboxylic acids is 2. The van der Waals surface area contributed by atoms with E-state index < -0.39 is 0 Å². The standard InChI is InChI=1S/C17H21N3O2/c1-4-7-18-16(21)10-19-17(22)14-9-13-8-11(2)5-6-15(13)20-12(14)3/h5-6,8-9H,4,7,10H2,1-3H3,(H,18,21)(H,19,22). The Labute approximate surface area is 130 Å². The van der Waals surface area contributed by atoms with Crippen LogP contribution in [0.2, 0.25) is 0 Å². The summed E-state index contributed by atoms with van der Waals surface area (Å²) < 4.78 is 0. The lowest BCUT2D eigenvalue weighted by atomic mass is 10.1. The van der Waals surface area contributed by atoms with Crippen molar-refractivity contribution in [3.05, 3.63) is 41.1 Å². The van der Waals surface area contributed by atoms with Crippen LogP contribution in [0, 0.1) is 13.8 Å². The van der Waals surface area contributed by atoms with E-state index in [0.29, 0.717) is 17.8 Å². The average molecular weight is 299 g/mol. The molecule has 5 nitrogen and oxygen atoms in total. The molecule has 0 aliphatic heterocycles. The summed E-state index contributed by atoms with van der Waals surface area (Å²) in [5, 5.41) is 6.28. The number of aryl methyl sites for hydroxylation is 2. The van der Waals surface area contributed by atoms with Crippen molar-refractivity contribution < 1.29 is 9.59 Å². The van der Waals surface area contributed by atoms with E-state index in [4.69, 9.17) is 0 Å². The number of benzene rings is 1. The monoisotopic (exact) mass is 299 g/mol. The number of amides is 2. The molecule has 0 spiro atoms. The lowest BCUT2D eigenvalue weighted by Gasteiger charge is -2.09. The number of hydrogen-bond donors (Lipinski definition) is 2. The first kappa shape index (κ1) is 15.9. The van der Waals surface area contributed by atoms with E-state index in [9.17, 15) is 9.59 Å². The molecule has 0 aliphatic carbocycles. The predicted molar refractivity (Wildman–Crippen MR) is 86.9 cm³/mol. The third-order valence-corrected chi connectivity index (χ3v) is 3.39. The minimum absolute atomic E-state index is 0.0237. The van der Waals surface area contributed by atoms with Gasteiger partial charge in [0.05, 0.1) is 23.3 Å². The molecule has 0 fully saturated rings. The second-order valence-electron chi connectivity index (χ2n) is 5.35. The Morgan fingerprint density at radius 1 is 1.14 bits per heavy atom. The van der Waals surface area contributed by atoms with E-state index in [1.807, 2.05) is 38.1 Å². The molecule has 2 amide bonds. The van der Waals surface area contributed by atoms with Gasteiger partial charge in [-0.15, -0.1) is 0 Å². The highest BCUT2D eigenvalue weighted by atomic mass is 16.2. The number of rotatable bonds is 5.